The highest BCUT2D eigenvalue weighted by Gasteiger charge is 2.30. The van der Waals surface area contributed by atoms with Crippen LogP contribution in [-0.4, -0.2) is 0 Å². The van der Waals surface area contributed by atoms with Gasteiger partial charge in [-0.2, -0.15) is 0 Å². The SMILES string of the molecule is Cc1cc(C)cc([S+](c2ccccc2)c2ccccc2)c1.Cc1ccc([S+](c2ccccc2)c2ccccc2)c(C)c1. The molecule has 0 aliphatic heterocycles. The van der Waals surface area contributed by atoms with Crippen LogP contribution in [0.25, 0.3) is 0 Å². The lowest BCUT2D eigenvalue weighted by molar-refractivity contribution is 1.23. The normalized spacial score (nSPS) is 10.8. The van der Waals surface area contributed by atoms with Crippen molar-refractivity contribution in [3.05, 3.63) is 180 Å². The van der Waals surface area contributed by atoms with E-state index in [-0.39, 0.29) is 21.8 Å². The number of hydrogen-bond donors (Lipinski definition) is 0. The molecule has 208 valence electrons. The molecule has 6 aromatic rings. The molecule has 0 aliphatic carbocycles. The van der Waals surface area contributed by atoms with Crippen molar-refractivity contribution >= 4 is 21.8 Å². The maximum atomic E-state index is 2.32. The first-order chi connectivity index (χ1) is 20.5. The van der Waals surface area contributed by atoms with Crippen molar-refractivity contribution in [2.45, 2.75) is 57.1 Å². The summed E-state index contributed by atoms with van der Waals surface area (Å²) in [6.45, 7) is 8.72. The minimum Gasteiger partial charge on any atom is -0.0619 e. The van der Waals surface area contributed by atoms with Crippen LogP contribution in [0.15, 0.2) is 187 Å². The molecule has 0 radical (unpaired) electrons. The minimum atomic E-state index is -0.0352. The average Bonchev–Trinajstić information content (AvgIpc) is 3.01. The van der Waals surface area contributed by atoms with E-state index in [1.165, 1.54) is 51.6 Å². The van der Waals surface area contributed by atoms with E-state index in [2.05, 4.69) is 185 Å². The fourth-order valence-corrected chi connectivity index (χ4v) is 9.61. The Morgan fingerprint density at radius 1 is 0.310 bits per heavy atom. The Bertz CT molecular complexity index is 1600. The summed E-state index contributed by atoms with van der Waals surface area (Å²) >= 11 is 0. The Labute approximate surface area is 257 Å². The van der Waals surface area contributed by atoms with Crippen LogP contribution < -0.4 is 0 Å². The zero-order valence-corrected chi connectivity index (χ0v) is 26.5. The van der Waals surface area contributed by atoms with Gasteiger partial charge in [-0.3, -0.25) is 0 Å². The summed E-state index contributed by atoms with van der Waals surface area (Å²) in [7, 11) is -0.0697. The van der Waals surface area contributed by atoms with Crippen LogP contribution in [0.2, 0.25) is 0 Å². The molecule has 0 heterocycles. The first-order valence-electron chi connectivity index (χ1n) is 14.3. The number of rotatable bonds is 6. The zero-order chi connectivity index (χ0) is 29.3. The first kappa shape index (κ1) is 29.5. The number of hydrogen-bond acceptors (Lipinski definition) is 0. The predicted octanol–water partition coefficient (Wildman–Crippen LogP) is 10.8. The summed E-state index contributed by atoms with van der Waals surface area (Å²) in [5.74, 6) is 0. The molecule has 6 rings (SSSR count). The van der Waals surface area contributed by atoms with E-state index in [0.717, 1.165) is 0 Å². The Hall–Kier alpha value is -3.98. The van der Waals surface area contributed by atoms with E-state index >= 15 is 0 Å². The molecule has 0 nitrogen and oxygen atoms in total. The molecule has 0 N–H and O–H groups in total. The van der Waals surface area contributed by atoms with E-state index < -0.39 is 0 Å². The fraction of sp³-hybridized carbons (Fsp3) is 0.100. The Morgan fingerprint density at radius 3 is 1.07 bits per heavy atom. The summed E-state index contributed by atoms with van der Waals surface area (Å²) in [5, 5.41) is 0. The van der Waals surface area contributed by atoms with Crippen LogP contribution in [0.4, 0.5) is 0 Å². The van der Waals surface area contributed by atoms with Gasteiger partial charge in [-0.25, -0.2) is 0 Å². The van der Waals surface area contributed by atoms with E-state index in [9.17, 15) is 0 Å². The lowest BCUT2D eigenvalue weighted by Gasteiger charge is -2.10. The lowest BCUT2D eigenvalue weighted by Crippen LogP contribution is -2.06. The largest absolute Gasteiger partial charge is 0.169 e. The second kappa shape index (κ2) is 14.3. The van der Waals surface area contributed by atoms with Gasteiger partial charge in [0.1, 0.15) is 0 Å². The molecular formula is C40H38S2+2. The van der Waals surface area contributed by atoms with Gasteiger partial charge in [0.15, 0.2) is 29.4 Å². The molecule has 2 heteroatoms. The van der Waals surface area contributed by atoms with Gasteiger partial charge in [-0.05, 0) is 106 Å². The standard InChI is InChI=1S/2C20H19S/c1-16-13-17(2)15-20(14-16)21(18-9-5-3-6-10-18)19-11-7-4-8-12-19;1-16-13-14-20(17(2)15-16)21(18-9-5-3-6-10-18)19-11-7-4-8-12-19/h2*3-15H,1-2H3/q2*+1. The smallest absolute Gasteiger partial charge is 0.0619 e. The van der Waals surface area contributed by atoms with E-state index in [0.29, 0.717) is 0 Å². The number of aryl methyl sites for hydroxylation is 4. The Balaban J connectivity index is 0.000000168. The third kappa shape index (κ3) is 7.45. The number of benzene rings is 6. The third-order valence-electron chi connectivity index (χ3n) is 6.90. The van der Waals surface area contributed by atoms with Crippen molar-refractivity contribution in [1.82, 2.24) is 0 Å². The molecule has 0 aromatic heterocycles. The Morgan fingerprint density at radius 2 is 0.690 bits per heavy atom. The minimum absolute atomic E-state index is 0.0345. The third-order valence-corrected chi connectivity index (χ3v) is 11.5. The molecule has 42 heavy (non-hydrogen) atoms. The molecule has 0 unspecified atom stereocenters. The summed E-state index contributed by atoms with van der Waals surface area (Å²) in [4.78, 5) is 8.29. The maximum Gasteiger partial charge on any atom is 0.169 e. The van der Waals surface area contributed by atoms with Crippen LogP contribution in [-0.2, 0) is 21.8 Å². The van der Waals surface area contributed by atoms with Crippen molar-refractivity contribution in [3.63, 3.8) is 0 Å². The van der Waals surface area contributed by atoms with Gasteiger partial charge in [0.05, 0.1) is 21.8 Å². The van der Waals surface area contributed by atoms with Crippen molar-refractivity contribution in [3.8, 4) is 0 Å². The highest BCUT2D eigenvalue weighted by molar-refractivity contribution is 7.97. The molecule has 0 aliphatic rings. The van der Waals surface area contributed by atoms with Crippen LogP contribution in [0.1, 0.15) is 22.3 Å². The second-order valence-electron chi connectivity index (χ2n) is 10.5. The van der Waals surface area contributed by atoms with Gasteiger partial charge in [0.25, 0.3) is 0 Å². The van der Waals surface area contributed by atoms with Crippen LogP contribution in [0.5, 0.6) is 0 Å². The van der Waals surface area contributed by atoms with Crippen molar-refractivity contribution in [2.75, 3.05) is 0 Å². The topological polar surface area (TPSA) is 0 Å². The molecule has 0 saturated carbocycles. The summed E-state index contributed by atoms with van der Waals surface area (Å²) in [5.41, 5.74) is 5.34. The summed E-state index contributed by atoms with van der Waals surface area (Å²) in [6, 6.07) is 56.8. The maximum absolute atomic E-state index is 2.32. The van der Waals surface area contributed by atoms with Gasteiger partial charge >= 0.3 is 0 Å². The molecule has 0 spiro atoms. The summed E-state index contributed by atoms with van der Waals surface area (Å²) < 4.78 is 0. The van der Waals surface area contributed by atoms with E-state index in [1.54, 1.807) is 0 Å². The van der Waals surface area contributed by atoms with Gasteiger partial charge in [0.2, 0.25) is 0 Å². The monoisotopic (exact) mass is 582 g/mol. The van der Waals surface area contributed by atoms with Gasteiger partial charge < -0.3 is 0 Å². The van der Waals surface area contributed by atoms with Crippen molar-refractivity contribution < 1.29 is 0 Å². The van der Waals surface area contributed by atoms with Gasteiger partial charge in [-0.15, -0.1) is 0 Å². The Kier molecular flexibility index (Phi) is 10.0. The summed E-state index contributed by atoms with van der Waals surface area (Å²) in [6.07, 6.45) is 0. The quantitative estimate of drug-likeness (QED) is 0.171. The molecule has 0 amide bonds. The predicted molar refractivity (Wildman–Crippen MR) is 182 cm³/mol. The molecular weight excluding hydrogens is 545 g/mol. The van der Waals surface area contributed by atoms with Gasteiger partial charge in [0, 0.05) is 5.56 Å². The first-order valence-corrected chi connectivity index (χ1v) is 16.8. The van der Waals surface area contributed by atoms with Crippen molar-refractivity contribution in [1.29, 1.82) is 0 Å². The lowest BCUT2D eigenvalue weighted by atomic mass is 10.2. The highest BCUT2D eigenvalue weighted by atomic mass is 32.2. The molecule has 0 saturated heterocycles. The fourth-order valence-electron chi connectivity index (χ4n) is 5.10. The molecule has 0 fully saturated rings. The van der Waals surface area contributed by atoms with Crippen LogP contribution in [0, 0.1) is 27.7 Å². The van der Waals surface area contributed by atoms with E-state index in [4.69, 9.17) is 0 Å². The molecule has 6 aromatic carbocycles. The molecule has 0 bridgehead atoms. The van der Waals surface area contributed by atoms with Crippen LogP contribution >= 0.6 is 0 Å². The van der Waals surface area contributed by atoms with E-state index in [1.807, 2.05) is 0 Å². The average molecular weight is 583 g/mol. The van der Waals surface area contributed by atoms with Crippen molar-refractivity contribution in [2.24, 2.45) is 0 Å². The second-order valence-corrected chi connectivity index (χ2v) is 14.5. The zero-order valence-electron chi connectivity index (χ0n) is 24.8. The highest BCUT2D eigenvalue weighted by Crippen LogP contribution is 2.34. The van der Waals surface area contributed by atoms with Gasteiger partial charge in [-0.1, -0.05) is 96.6 Å². The molecule has 0 atom stereocenters. The van der Waals surface area contributed by atoms with Crippen LogP contribution in [0.3, 0.4) is 0 Å².